The number of aromatic amines is 1. The van der Waals surface area contributed by atoms with Crippen molar-refractivity contribution in [1.29, 1.82) is 0 Å². The fraction of sp³-hybridized carbons (Fsp3) is 0.211. The lowest BCUT2D eigenvalue weighted by Gasteiger charge is -2.11. The minimum absolute atomic E-state index is 0.0215. The van der Waals surface area contributed by atoms with E-state index in [4.69, 9.17) is 5.11 Å². The van der Waals surface area contributed by atoms with E-state index in [0.717, 1.165) is 33.2 Å². The Labute approximate surface area is 153 Å². The zero-order chi connectivity index (χ0) is 19.0. The Morgan fingerprint density at radius 1 is 1.30 bits per heavy atom. The van der Waals surface area contributed by atoms with Crippen LogP contribution in [0.1, 0.15) is 22.5 Å². The summed E-state index contributed by atoms with van der Waals surface area (Å²) >= 11 is 0. The van der Waals surface area contributed by atoms with Crippen molar-refractivity contribution in [2.45, 2.75) is 13.3 Å². The van der Waals surface area contributed by atoms with E-state index < -0.39 is 0 Å². The van der Waals surface area contributed by atoms with Crippen molar-refractivity contribution >= 4 is 27.8 Å². The molecule has 1 aromatic carbocycles. The molecule has 1 amide bonds. The van der Waals surface area contributed by atoms with Crippen molar-refractivity contribution < 1.29 is 14.3 Å². The standard InChI is InChI=1S/C19H18FN5O2/c1-11-7-14(19(27)21-5-2-6-26)22-9-16(11)25-15-4-3-12(20)8-13(15)18-17(25)10-23-24-18/h3-4,7-10,26H,2,5-6H2,1H3,(H,21,27)(H,23,24). The first-order chi connectivity index (χ1) is 13.1. The van der Waals surface area contributed by atoms with Gasteiger partial charge in [0.05, 0.1) is 34.6 Å². The van der Waals surface area contributed by atoms with Crippen molar-refractivity contribution in [2.75, 3.05) is 13.2 Å². The number of halogens is 1. The van der Waals surface area contributed by atoms with Crippen molar-refractivity contribution in [3.63, 3.8) is 0 Å². The number of aryl methyl sites for hydroxylation is 1. The van der Waals surface area contributed by atoms with Gasteiger partial charge in [0.2, 0.25) is 0 Å². The minimum Gasteiger partial charge on any atom is -0.396 e. The molecular weight excluding hydrogens is 349 g/mol. The number of nitrogens with zero attached hydrogens (tertiary/aromatic N) is 3. The summed E-state index contributed by atoms with van der Waals surface area (Å²) in [4.78, 5) is 16.5. The van der Waals surface area contributed by atoms with Crippen LogP contribution in [0.4, 0.5) is 4.39 Å². The second kappa shape index (κ2) is 6.81. The summed E-state index contributed by atoms with van der Waals surface area (Å²) in [5.74, 6) is -0.605. The lowest BCUT2D eigenvalue weighted by Crippen LogP contribution is -2.26. The molecule has 0 radical (unpaired) electrons. The number of aliphatic hydroxyl groups excluding tert-OH is 1. The zero-order valence-electron chi connectivity index (χ0n) is 14.7. The Kier molecular flexibility index (Phi) is 4.33. The Balaban J connectivity index is 1.79. The third kappa shape index (κ3) is 2.93. The molecule has 4 aromatic rings. The van der Waals surface area contributed by atoms with Crippen LogP contribution in [0.3, 0.4) is 0 Å². The number of carbonyl (C=O) groups is 1. The maximum absolute atomic E-state index is 13.7. The number of aliphatic hydroxyl groups is 1. The number of nitrogens with one attached hydrogen (secondary N) is 2. The van der Waals surface area contributed by atoms with Gasteiger partial charge in [0.15, 0.2) is 0 Å². The second-order valence-electron chi connectivity index (χ2n) is 6.32. The van der Waals surface area contributed by atoms with Crippen LogP contribution in [0.25, 0.3) is 27.6 Å². The quantitative estimate of drug-likeness (QED) is 0.472. The molecule has 0 unspecified atom stereocenters. The van der Waals surface area contributed by atoms with Gasteiger partial charge in [-0.3, -0.25) is 9.89 Å². The first kappa shape index (κ1) is 17.2. The molecule has 8 heteroatoms. The van der Waals surface area contributed by atoms with Gasteiger partial charge < -0.3 is 15.0 Å². The highest BCUT2D eigenvalue weighted by Gasteiger charge is 2.17. The first-order valence-corrected chi connectivity index (χ1v) is 8.59. The molecule has 0 saturated carbocycles. The molecule has 0 bridgehead atoms. The number of hydrogen-bond donors (Lipinski definition) is 3. The highest BCUT2D eigenvalue weighted by Crippen LogP contribution is 2.31. The van der Waals surface area contributed by atoms with E-state index in [1.54, 1.807) is 24.5 Å². The molecule has 138 valence electrons. The normalized spacial score (nSPS) is 11.4. The number of rotatable bonds is 5. The van der Waals surface area contributed by atoms with Crippen LogP contribution in [-0.2, 0) is 0 Å². The monoisotopic (exact) mass is 367 g/mol. The molecule has 0 saturated heterocycles. The molecule has 3 aromatic heterocycles. The predicted octanol–water partition coefficient (Wildman–Crippen LogP) is 2.46. The smallest absolute Gasteiger partial charge is 0.269 e. The van der Waals surface area contributed by atoms with Crippen molar-refractivity contribution in [2.24, 2.45) is 0 Å². The van der Waals surface area contributed by atoms with Gasteiger partial charge in [-0.1, -0.05) is 0 Å². The van der Waals surface area contributed by atoms with Gasteiger partial charge in [-0.25, -0.2) is 9.37 Å². The summed E-state index contributed by atoms with van der Waals surface area (Å²) in [6.07, 6.45) is 3.81. The van der Waals surface area contributed by atoms with Crippen molar-refractivity contribution in [1.82, 2.24) is 25.1 Å². The molecule has 0 spiro atoms. The first-order valence-electron chi connectivity index (χ1n) is 8.59. The average molecular weight is 367 g/mol. The van der Waals surface area contributed by atoms with Gasteiger partial charge in [-0.15, -0.1) is 0 Å². The minimum atomic E-state index is -0.319. The molecule has 0 fully saturated rings. The molecule has 4 rings (SSSR count). The molecule has 0 aliphatic heterocycles. The van der Waals surface area contributed by atoms with Gasteiger partial charge in [-0.2, -0.15) is 5.10 Å². The third-order valence-corrected chi connectivity index (χ3v) is 4.51. The number of fused-ring (bicyclic) bond motifs is 3. The van der Waals surface area contributed by atoms with Crippen LogP contribution in [0.15, 0.2) is 36.7 Å². The molecular formula is C19H18FN5O2. The fourth-order valence-corrected chi connectivity index (χ4v) is 3.22. The summed E-state index contributed by atoms with van der Waals surface area (Å²) in [5.41, 5.74) is 4.32. The van der Waals surface area contributed by atoms with Gasteiger partial charge >= 0.3 is 0 Å². The summed E-state index contributed by atoms with van der Waals surface area (Å²) in [6.45, 7) is 2.30. The number of carbonyl (C=O) groups excluding carboxylic acids is 1. The third-order valence-electron chi connectivity index (χ3n) is 4.51. The summed E-state index contributed by atoms with van der Waals surface area (Å²) < 4.78 is 15.7. The van der Waals surface area contributed by atoms with E-state index in [0.29, 0.717) is 18.7 Å². The lowest BCUT2D eigenvalue weighted by molar-refractivity contribution is 0.0946. The molecule has 3 N–H and O–H groups in total. The number of hydrogen-bond acceptors (Lipinski definition) is 4. The highest BCUT2D eigenvalue weighted by molar-refractivity contribution is 6.07. The van der Waals surface area contributed by atoms with Crippen LogP contribution in [0.5, 0.6) is 0 Å². The second-order valence-corrected chi connectivity index (χ2v) is 6.32. The molecule has 0 aliphatic rings. The van der Waals surface area contributed by atoms with Crippen molar-refractivity contribution in [3.05, 3.63) is 53.7 Å². The number of pyridine rings is 1. The predicted molar refractivity (Wildman–Crippen MR) is 99.5 cm³/mol. The van der Waals surface area contributed by atoms with Gasteiger partial charge in [-0.05, 0) is 43.2 Å². The van der Waals surface area contributed by atoms with E-state index >= 15 is 0 Å². The summed E-state index contributed by atoms with van der Waals surface area (Å²) in [7, 11) is 0. The van der Waals surface area contributed by atoms with Crippen LogP contribution in [0, 0.1) is 12.7 Å². The van der Waals surface area contributed by atoms with E-state index in [-0.39, 0.29) is 18.3 Å². The van der Waals surface area contributed by atoms with E-state index in [2.05, 4.69) is 20.5 Å². The Bertz CT molecular complexity index is 1150. The molecule has 27 heavy (non-hydrogen) atoms. The molecule has 0 aliphatic carbocycles. The molecule has 3 heterocycles. The van der Waals surface area contributed by atoms with Crippen LogP contribution >= 0.6 is 0 Å². The maximum Gasteiger partial charge on any atom is 0.269 e. The largest absolute Gasteiger partial charge is 0.396 e. The fourth-order valence-electron chi connectivity index (χ4n) is 3.22. The topological polar surface area (TPSA) is 95.8 Å². The van der Waals surface area contributed by atoms with Crippen LogP contribution < -0.4 is 5.32 Å². The van der Waals surface area contributed by atoms with E-state index in [1.807, 2.05) is 11.5 Å². The summed E-state index contributed by atoms with van der Waals surface area (Å²) in [6, 6.07) is 6.31. The van der Waals surface area contributed by atoms with Crippen LogP contribution in [-0.4, -0.2) is 43.9 Å². The Morgan fingerprint density at radius 3 is 2.93 bits per heavy atom. The SMILES string of the molecule is Cc1cc(C(=O)NCCCO)ncc1-n1c2ccc(F)cc2c2[nH]ncc21. The van der Waals surface area contributed by atoms with E-state index in [1.165, 1.54) is 12.1 Å². The lowest BCUT2D eigenvalue weighted by atomic mass is 10.2. The zero-order valence-corrected chi connectivity index (χ0v) is 14.7. The van der Waals surface area contributed by atoms with Gasteiger partial charge in [0, 0.05) is 18.5 Å². The van der Waals surface area contributed by atoms with Crippen LogP contribution in [0.2, 0.25) is 0 Å². The number of amides is 1. The van der Waals surface area contributed by atoms with Crippen molar-refractivity contribution in [3.8, 4) is 5.69 Å². The highest BCUT2D eigenvalue weighted by atomic mass is 19.1. The summed E-state index contributed by atoms with van der Waals surface area (Å²) in [5, 5.41) is 19.2. The van der Waals surface area contributed by atoms with Gasteiger partial charge in [0.1, 0.15) is 11.5 Å². The van der Waals surface area contributed by atoms with Gasteiger partial charge in [0.25, 0.3) is 5.91 Å². The number of aromatic nitrogens is 4. The molecule has 0 atom stereocenters. The Hall–Kier alpha value is -3.26. The molecule has 7 nitrogen and oxygen atoms in total. The number of H-pyrrole nitrogens is 1. The average Bonchev–Trinajstić information content (AvgIpc) is 3.23. The maximum atomic E-state index is 13.7. The van der Waals surface area contributed by atoms with E-state index in [9.17, 15) is 9.18 Å². The Morgan fingerprint density at radius 2 is 2.15 bits per heavy atom. The number of benzene rings is 1.